The highest BCUT2D eigenvalue weighted by Crippen LogP contribution is 2.32. The maximum atomic E-state index is 14.1. The molecule has 9 heteroatoms. The molecule has 1 amide bonds. The minimum atomic E-state index is -0.764. The molecule has 41 heavy (non-hydrogen) atoms. The summed E-state index contributed by atoms with van der Waals surface area (Å²) >= 11 is 1.29. The Morgan fingerprint density at radius 3 is 2.41 bits per heavy atom. The van der Waals surface area contributed by atoms with Crippen LogP contribution in [-0.2, 0) is 4.79 Å². The van der Waals surface area contributed by atoms with Crippen LogP contribution in [0.4, 0.5) is 5.69 Å². The van der Waals surface area contributed by atoms with E-state index in [0.717, 1.165) is 28.2 Å². The topological polar surface area (TPSA) is 94.4 Å². The number of allylic oxidation sites excluding steroid dienone is 1. The third-order valence-corrected chi connectivity index (χ3v) is 8.30. The summed E-state index contributed by atoms with van der Waals surface area (Å²) in [6.07, 6.45) is 1.87. The Labute approximate surface area is 240 Å². The lowest BCUT2D eigenvalue weighted by Crippen LogP contribution is -2.40. The molecule has 0 aliphatic carbocycles. The van der Waals surface area contributed by atoms with Gasteiger partial charge in [0.1, 0.15) is 17.6 Å². The lowest BCUT2D eigenvalue weighted by atomic mass is 10.00. The van der Waals surface area contributed by atoms with E-state index in [1.165, 1.54) is 11.3 Å². The average molecular weight is 564 g/mol. The first kappa shape index (κ1) is 26.5. The van der Waals surface area contributed by atoms with Crippen LogP contribution in [0.25, 0.3) is 11.8 Å². The van der Waals surface area contributed by atoms with E-state index < -0.39 is 6.04 Å². The van der Waals surface area contributed by atoms with Gasteiger partial charge in [0.2, 0.25) is 0 Å². The first-order chi connectivity index (χ1) is 19.7. The van der Waals surface area contributed by atoms with Gasteiger partial charge in [0.25, 0.3) is 11.5 Å². The summed E-state index contributed by atoms with van der Waals surface area (Å²) in [4.78, 5) is 33.1. The molecular weight excluding hydrogens is 534 g/mol. The average Bonchev–Trinajstić information content (AvgIpc) is 3.61. The Morgan fingerprint density at radius 1 is 0.976 bits per heavy atom. The number of carbonyl (C=O) groups excluding carboxylic acids is 1. The van der Waals surface area contributed by atoms with Crippen molar-refractivity contribution in [3.63, 3.8) is 0 Å². The first-order valence-corrected chi connectivity index (χ1v) is 14.1. The number of amides is 1. The highest BCUT2D eigenvalue weighted by molar-refractivity contribution is 7.07. The summed E-state index contributed by atoms with van der Waals surface area (Å²) in [5, 5.41) is 7.75. The number of nitrogens with zero attached hydrogens (tertiary/aromatic N) is 4. The summed E-state index contributed by atoms with van der Waals surface area (Å²) in [6, 6.07) is 20.3. The van der Waals surface area contributed by atoms with Gasteiger partial charge in [-0.1, -0.05) is 47.7 Å². The standard InChI is InChI=1S/C32H29N5O3S/c1-18-11-9-10-14-25(18)34-30(38)28-21(4)33-32-36(29(28)26-16-15-19(2)40-26)31(39)27(41-32)17-24-20(3)35-37(22(24)5)23-12-7-6-8-13-23/h6-17,29H,1-5H3,(H,34,38)/b27-17+/t29-/m1/s1. The van der Waals surface area contributed by atoms with Crippen molar-refractivity contribution >= 4 is 29.0 Å². The number of hydrogen-bond donors (Lipinski definition) is 1. The van der Waals surface area contributed by atoms with Gasteiger partial charge in [0.05, 0.1) is 27.2 Å². The minimum Gasteiger partial charge on any atom is -0.464 e. The van der Waals surface area contributed by atoms with Crippen molar-refractivity contribution < 1.29 is 9.21 Å². The number of hydrogen-bond acceptors (Lipinski definition) is 6. The number of fused-ring (bicyclic) bond motifs is 1. The quantitative estimate of drug-likeness (QED) is 0.330. The maximum absolute atomic E-state index is 14.1. The monoisotopic (exact) mass is 563 g/mol. The van der Waals surface area contributed by atoms with Crippen LogP contribution < -0.4 is 20.2 Å². The molecule has 0 spiro atoms. The van der Waals surface area contributed by atoms with Crippen molar-refractivity contribution in [2.75, 3.05) is 5.32 Å². The van der Waals surface area contributed by atoms with Crippen LogP contribution >= 0.6 is 11.3 Å². The lowest BCUT2D eigenvalue weighted by molar-refractivity contribution is -0.113. The van der Waals surface area contributed by atoms with E-state index in [-0.39, 0.29) is 11.5 Å². The van der Waals surface area contributed by atoms with Crippen molar-refractivity contribution in [1.82, 2.24) is 14.3 Å². The van der Waals surface area contributed by atoms with Crippen LogP contribution in [-0.4, -0.2) is 20.3 Å². The maximum Gasteiger partial charge on any atom is 0.271 e. The van der Waals surface area contributed by atoms with E-state index in [1.54, 1.807) is 11.5 Å². The highest BCUT2D eigenvalue weighted by atomic mass is 32.1. The summed E-state index contributed by atoms with van der Waals surface area (Å²) in [5.41, 5.74) is 5.85. The van der Waals surface area contributed by atoms with Gasteiger partial charge in [0.15, 0.2) is 4.80 Å². The van der Waals surface area contributed by atoms with Gasteiger partial charge in [-0.05, 0) is 76.6 Å². The van der Waals surface area contributed by atoms with Crippen molar-refractivity contribution in [2.45, 2.75) is 40.7 Å². The molecule has 0 saturated carbocycles. The normalized spacial score (nSPS) is 15.1. The van der Waals surface area contributed by atoms with Gasteiger partial charge >= 0.3 is 0 Å². The Morgan fingerprint density at radius 2 is 1.71 bits per heavy atom. The van der Waals surface area contributed by atoms with Crippen LogP contribution in [0.2, 0.25) is 0 Å². The second kappa shape index (κ2) is 10.3. The van der Waals surface area contributed by atoms with Crippen LogP contribution in [0.5, 0.6) is 0 Å². The molecule has 5 aromatic rings. The zero-order valence-electron chi connectivity index (χ0n) is 23.4. The van der Waals surface area contributed by atoms with Gasteiger partial charge in [0, 0.05) is 16.9 Å². The fourth-order valence-corrected chi connectivity index (χ4v) is 6.23. The smallest absolute Gasteiger partial charge is 0.271 e. The van der Waals surface area contributed by atoms with E-state index in [1.807, 2.05) is 105 Å². The summed E-state index contributed by atoms with van der Waals surface area (Å²) in [6.45, 7) is 9.49. The number of rotatable bonds is 5. The number of benzene rings is 2. The second-order valence-electron chi connectivity index (χ2n) is 10.1. The van der Waals surface area contributed by atoms with Crippen molar-refractivity contribution in [1.29, 1.82) is 0 Å². The molecule has 1 N–H and O–H groups in total. The Kier molecular flexibility index (Phi) is 6.67. The number of aryl methyl sites for hydroxylation is 3. The number of aromatic nitrogens is 3. The number of nitrogens with one attached hydrogen (secondary N) is 1. The zero-order valence-corrected chi connectivity index (χ0v) is 24.2. The van der Waals surface area contributed by atoms with Crippen LogP contribution in [0.3, 0.4) is 0 Å². The molecule has 3 aromatic heterocycles. The fraction of sp³-hybridized carbons (Fsp3) is 0.188. The van der Waals surface area contributed by atoms with Crippen LogP contribution in [0, 0.1) is 27.7 Å². The molecule has 1 aliphatic rings. The number of carbonyl (C=O) groups is 1. The molecule has 1 atom stereocenters. The van der Waals surface area contributed by atoms with E-state index in [0.29, 0.717) is 37.8 Å². The second-order valence-corrected chi connectivity index (χ2v) is 11.1. The van der Waals surface area contributed by atoms with E-state index >= 15 is 0 Å². The van der Waals surface area contributed by atoms with Gasteiger partial charge in [-0.3, -0.25) is 14.2 Å². The predicted molar refractivity (Wildman–Crippen MR) is 160 cm³/mol. The molecule has 0 radical (unpaired) electrons. The SMILES string of the molecule is CC1=C(C(=O)Nc2ccccc2C)[C@@H](c2ccc(C)o2)n2c(s/c(=C/c3c(C)nn(-c4ccccc4)c3C)c2=O)=N1. The van der Waals surface area contributed by atoms with Gasteiger partial charge in [-0.25, -0.2) is 9.67 Å². The summed E-state index contributed by atoms with van der Waals surface area (Å²) in [5.74, 6) is 0.864. The minimum absolute atomic E-state index is 0.243. The molecule has 206 valence electrons. The number of anilines is 1. The molecule has 0 unspecified atom stereocenters. The Balaban J connectivity index is 1.49. The third-order valence-electron chi connectivity index (χ3n) is 7.31. The van der Waals surface area contributed by atoms with Gasteiger partial charge < -0.3 is 9.73 Å². The van der Waals surface area contributed by atoms with Crippen molar-refractivity contribution in [3.05, 3.63) is 132 Å². The van der Waals surface area contributed by atoms with Crippen LogP contribution in [0.1, 0.15) is 47.0 Å². The highest BCUT2D eigenvalue weighted by Gasteiger charge is 2.34. The molecule has 2 aromatic carbocycles. The molecule has 0 saturated heterocycles. The Hall–Kier alpha value is -4.76. The van der Waals surface area contributed by atoms with Crippen molar-refractivity contribution in [2.24, 2.45) is 4.99 Å². The summed E-state index contributed by atoms with van der Waals surface area (Å²) in [7, 11) is 0. The predicted octanol–water partition coefficient (Wildman–Crippen LogP) is 4.89. The van der Waals surface area contributed by atoms with E-state index in [2.05, 4.69) is 5.32 Å². The molecule has 0 fully saturated rings. The lowest BCUT2D eigenvalue weighted by Gasteiger charge is -2.23. The fourth-order valence-electron chi connectivity index (χ4n) is 5.20. The molecule has 6 rings (SSSR count). The van der Waals surface area contributed by atoms with E-state index in [4.69, 9.17) is 14.5 Å². The van der Waals surface area contributed by atoms with Gasteiger partial charge in [-0.2, -0.15) is 5.10 Å². The summed E-state index contributed by atoms with van der Waals surface area (Å²) < 4.78 is 9.98. The van der Waals surface area contributed by atoms with Crippen LogP contribution in [0.15, 0.2) is 92.2 Å². The first-order valence-electron chi connectivity index (χ1n) is 13.3. The number of para-hydroxylation sites is 2. The Bertz CT molecular complexity index is 2020. The van der Waals surface area contributed by atoms with Gasteiger partial charge in [-0.15, -0.1) is 0 Å². The molecule has 4 heterocycles. The molecule has 0 bridgehead atoms. The number of furan rings is 1. The third kappa shape index (κ3) is 4.68. The molecular formula is C32H29N5O3S. The molecule has 8 nitrogen and oxygen atoms in total. The largest absolute Gasteiger partial charge is 0.464 e. The van der Waals surface area contributed by atoms with E-state index in [9.17, 15) is 9.59 Å². The van der Waals surface area contributed by atoms with Crippen molar-refractivity contribution in [3.8, 4) is 5.69 Å². The zero-order chi connectivity index (χ0) is 28.8. The number of thiazole rings is 1. The molecule has 1 aliphatic heterocycles.